The van der Waals surface area contributed by atoms with Crippen LogP contribution in [0, 0.1) is 17.8 Å². The van der Waals surface area contributed by atoms with Crippen molar-refractivity contribution in [2.24, 2.45) is 17.8 Å². The van der Waals surface area contributed by atoms with E-state index in [1.165, 1.54) is 12.8 Å². The Hall–Kier alpha value is -1.10. The van der Waals surface area contributed by atoms with E-state index in [9.17, 15) is 9.59 Å². The van der Waals surface area contributed by atoms with Crippen LogP contribution in [0.4, 0.5) is 0 Å². The largest absolute Gasteiger partial charge is 0.480 e. The molecule has 4 atom stereocenters. The van der Waals surface area contributed by atoms with E-state index in [2.05, 4.69) is 10.6 Å². The molecule has 0 radical (unpaired) electrons. The number of fused-ring (bicyclic) bond motifs is 1. The molecule has 3 N–H and O–H groups in total. The Morgan fingerprint density at radius 3 is 2.67 bits per heavy atom. The van der Waals surface area contributed by atoms with Crippen LogP contribution in [0.2, 0.25) is 0 Å². The molecule has 1 aliphatic heterocycles. The predicted octanol–water partition coefficient (Wildman–Crippen LogP) is 0.600. The van der Waals surface area contributed by atoms with Crippen molar-refractivity contribution in [3.05, 3.63) is 0 Å². The lowest BCUT2D eigenvalue weighted by Crippen LogP contribution is -2.52. The molecule has 0 bridgehead atoms. The van der Waals surface area contributed by atoms with E-state index >= 15 is 0 Å². The number of aliphatic carboxylic acids is 1. The minimum Gasteiger partial charge on any atom is -0.480 e. The van der Waals surface area contributed by atoms with Gasteiger partial charge >= 0.3 is 5.97 Å². The average Bonchev–Trinajstić information content (AvgIpc) is 2.85. The first kappa shape index (κ1) is 13.3. The molecule has 5 nitrogen and oxygen atoms in total. The lowest BCUT2D eigenvalue weighted by molar-refractivity contribution is -0.143. The number of amides is 1. The van der Waals surface area contributed by atoms with Gasteiger partial charge in [0.05, 0.1) is 6.04 Å². The molecule has 0 aromatic heterocycles. The summed E-state index contributed by atoms with van der Waals surface area (Å²) in [6, 6.07) is -0.988. The number of carboxylic acid groups (broad SMARTS) is 1. The fourth-order valence-corrected chi connectivity index (χ4v) is 3.23. The fraction of sp³-hybridized carbons (Fsp3) is 0.846. The van der Waals surface area contributed by atoms with Gasteiger partial charge in [-0.2, -0.15) is 0 Å². The zero-order valence-corrected chi connectivity index (χ0v) is 11.0. The maximum atomic E-state index is 12.2. The summed E-state index contributed by atoms with van der Waals surface area (Å²) in [5.41, 5.74) is 0. The predicted molar refractivity (Wildman–Crippen MR) is 67.0 cm³/mol. The van der Waals surface area contributed by atoms with Gasteiger partial charge in [-0.1, -0.05) is 20.3 Å². The molecule has 1 heterocycles. The van der Waals surface area contributed by atoms with Crippen molar-refractivity contribution in [1.82, 2.24) is 10.6 Å². The van der Waals surface area contributed by atoms with E-state index in [1.54, 1.807) is 13.8 Å². The first-order chi connectivity index (χ1) is 8.50. The molecule has 2 fully saturated rings. The maximum absolute atomic E-state index is 12.2. The van der Waals surface area contributed by atoms with Gasteiger partial charge in [-0.3, -0.25) is 4.79 Å². The lowest BCUT2D eigenvalue weighted by Gasteiger charge is -2.23. The second-order valence-electron chi connectivity index (χ2n) is 5.81. The van der Waals surface area contributed by atoms with Crippen LogP contribution in [-0.4, -0.2) is 35.6 Å². The standard InChI is InChI=1S/C13H22N2O3/c1-7(2)10(13(17)18)15-12(16)11-9-5-3-4-8(9)6-14-11/h7-11,14H,3-6H2,1-2H3,(H,15,16)(H,17,18)/t8?,9?,10-,11?/m0/s1. The number of carboxylic acids is 1. The first-order valence-electron chi connectivity index (χ1n) is 6.77. The van der Waals surface area contributed by atoms with E-state index in [1.807, 2.05) is 0 Å². The smallest absolute Gasteiger partial charge is 0.326 e. The Bertz CT molecular complexity index is 343. The number of hydrogen-bond acceptors (Lipinski definition) is 3. The molecule has 102 valence electrons. The molecule has 0 aromatic rings. The van der Waals surface area contributed by atoms with Crippen LogP contribution in [0.25, 0.3) is 0 Å². The number of nitrogens with one attached hydrogen (secondary N) is 2. The molecule has 3 unspecified atom stereocenters. The molecule has 1 saturated carbocycles. The van der Waals surface area contributed by atoms with Crippen LogP contribution >= 0.6 is 0 Å². The van der Waals surface area contributed by atoms with Crippen LogP contribution in [0.3, 0.4) is 0 Å². The third kappa shape index (κ3) is 2.51. The molecular formula is C13H22N2O3. The van der Waals surface area contributed by atoms with Crippen molar-refractivity contribution in [2.75, 3.05) is 6.54 Å². The van der Waals surface area contributed by atoms with Crippen molar-refractivity contribution in [3.63, 3.8) is 0 Å². The van der Waals surface area contributed by atoms with Crippen molar-refractivity contribution < 1.29 is 14.7 Å². The Morgan fingerprint density at radius 2 is 2.06 bits per heavy atom. The Labute approximate surface area is 107 Å². The van der Waals surface area contributed by atoms with E-state index in [0.717, 1.165) is 13.0 Å². The van der Waals surface area contributed by atoms with Crippen molar-refractivity contribution in [3.8, 4) is 0 Å². The third-order valence-electron chi connectivity index (χ3n) is 4.26. The van der Waals surface area contributed by atoms with Crippen molar-refractivity contribution in [2.45, 2.75) is 45.2 Å². The minimum absolute atomic E-state index is 0.104. The topological polar surface area (TPSA) is 78.4 Å². The summed E-state index contributed by atoms with van der Waals surface area (Å²) in [4.78, 5) is 23.3. The number of rotatable bonds is 4. The molecular weight excluding hydrogens is 232 g/mol. The molecule has 5 heteroatoms. The zero-order chi connectivity index (χ0) is 13.3. The second-order valence-corrected chi connectivity index (χ2v) is 5.81. The van der Waals surface area contributed by atoms with Gasteiger partial charge in [0.15, 0.2) is 0 Å². The van der Waals surface area contributed by atoms with E-state index in [0.29, 0.717) is 11.8 Å². The summed E-state index contributed by atoms with van der Waals surface area (Å²) in [6.07, 6.45) is 3.45. The molecule has 0 spiro atoms. The van der Waals surface area contributed by atoms with E-state index < -0.39 is 12.0 Å². The van der Waals surface area contributed by atoms with E-state index in [-0.39, 0.29) is 17.9 Å². The Kier molecular flexibility index (Phi) is 3.90. The highest BCUT2D eigenvalue weighted by Gasteiger charge is 2.43. The number of carbonyl (C=O) groups excluding carboxylic acids is 1. The monoisotopic (exact) mass is 254 g/mol. The summed E-state index contributed by atoms with van der Waals surface area (Å²) in [7, 11) is 0. The van der Waals surface area contributed by atoms with Crippen LogP contribution in [0.5, 0.6) is 0 Å². The summed E-state index contributed by atoms with van der Waals surface area (Å²) < 4.78 is 0. The summed E-state index contributed by atoms with van der Waals surface area (Å²) in [5, 5.41) is 15.0. The van der Waals surface area contributed by atoms with E-state index in [4.69, 9.17) is 5.11 Å². The van der Waals surface area contributed by atoms with Crippen LogP contribution in [0.15, 0.2) is 0 Å². The lowest BCUT2D eigenvalue weighted by atomic mass is 9.93. The molecule has 1 aliphatic carbocycles. The van der Waals surface area contributed by atoms with Crippen molar-refractivity contribution >= 4 is 11.9 Å². The van der Waals surface area contributed by atoms with Crippen molar-refractivity contribution in [1.29, 1.82) is 0 Å². The van der Waals surface area contributed by atoms with Gasteiger partial charge in [0.25, 0.3) is 0 Å². The molecule has 18 heavy (non-hydrogen) atoms. The summed E-state index contributed by atoms with van der Waals surface area (Å²) in [5.74, 6) is -0.216. The molecule has 1 amide bonds. The van der Waals surface area contributed by atoms with Gasteiger partial charge in [0.2, 0.25) is 5.91 Å². The minimum atomic E-state index is -0.959. The summed E-state index contributed by atoms with van der Waals surface area (Å²) >= 11 is 0. The van der Waals surface area contributed by atoms with Gasteiger partial charge in [0.1, 0.15) is 6.04 Å². The Morgan fingerprint density at radius 1 is 1.33 bits per heavy atom. The van der Waals surface area contributed by atoms with Crippen LogP contribution < -0.4 is 10.6 Å². The highest BCUT2D eigenvalue weighted by atomic mass is 16.4. The molecule has 1 saturated heterocycles. The second kappa shape index (κ2) is 5.26. The molecule has 0 aromatic carbocycles. The average molecular weight is 254 g/mol. The molecule has 2 aliphatic rings. The van der Waals surface area contributed by atoms with Gasteiger partial charge in [0, 0.05) is 0 Å². The highest BCUT2D eigenvalue weighted by Crippen LogP contribution is 2.37. The van der Waals surface area contributed by atoms with Gasteiger partial charge in [-0.15, -0.1) is 0 Å². The highest BCUT2D eigenvalue weighted by molar-refractivity contribution is 5.87. The van der Waals surface area contributed by atoms with Gasteiger partial charge in [-0.05, 0) is 37.1 Å². The van der Waals surface area contributed by atoms with Gasteiger partial charge < -0.3 is 15.7 Å². The normalized spacial score (nSPS) is 32.3. The SMILES string of the molecule is CC(C)[C@H](NC(=O)C1NCC2CCCC21)C(=O)O. The number of hydrogen-bond donors (Lipinski definition) is 3. The zero-order valence-electron chi connectivity index (χ0n) is 11.0. The fourth-order valence-electron chi connectivity index (χ4n) is 3.23. The molecule has 2 rings (SSSR count). The summed E-state index contributed by atoms with van der Waals surface area (Å²) in [6.45, 7) is 4.50. The number of carbonyl (C=O) groups is 2. The van der Waals surface area contributed by atoms with Gasteiger partial charge in [-0.25, -0.2) is 4.79 Å². The van der Waals surface area contributed by atoms with Crippen LogP contribution in [-0.2, 0) is 9.59 Å². The third-order valence-corrected chi connectivity index (χ3v) is 4.26. The van der Waals surface area contributed by atoms with Crippen LogP contribution in [0.1, 0.15) is 33.1 Å². The first-order valence-corrected chi connectivity index (χ1v) is 6.77. The maximum Gasteiger partial charge on any atom is 0.326 e. The quantitative estimate of drug-likeness (QED) is 0.686. The Balaban J connectivity index is 1.97.